The molecule has 0 saturated carbocycles. The van der Waals surface area contributed by atoms with E-state index >= 15 is 0 Å². The molecular formula is C10H10F2O2S. The normalized spacial score (nSPS) is 10.5. The van der Waals surface area contributed by atoms with Crippen LogP contribution in [0, 0.1) is 0 Å². The van der Waals surface area contributed by atoms with Gasteiger partial charge in [0.1, 0.15) is 5.75 Å². The van der Waals surface area contributed by atoms with Crippen LogP contribution in [0.5, 0.6) is 5.75 Å². The third-order valence-electron chi connectivity index (χ3n) is 1.87. The summed E-state index contributed by atoms with van der Waals surface area (Å²) in [7, 11) is 1.49. The first-order chi connectivity index (χ1) is 7.10. The number of halogens is 2. The van der Waals surface area contributed by atoms with E-state index in [1.807, 2.05) is 0 Å². The number of Topliss-reactive ketones (excluding diaryl/α,β-unsaturated/α-hetero) is 1. The fourth-order valence-corrected chi connectivity index (χ4v) is 1.71. The van der Waals surface area contributed by atoms with Crippen molar-refractivity contribution in [3.05, 3.63) is 23.8 Å². The molecule has 1 aromatic rings. The van der Waals surface area contributed by atoms with Crippen molar-refractivity contribution in [2.45, 2.75) is 11.3 Å². The minimum atomic E-state index is -2.96. The Morgan fingerprint density at radius 2 is 2.13 bits per heavy atom. The Balaban J connectivity index is 3.08. The molecule has 0 aliphatic rings. The van der Waals surface area contributed by atoms with Crippen LogP contribution in [-0.2, 0) is 0 Å². The molecule has 0 radical (unpaired) electrons. The van der Waals surface area contributed by atoms with Crippen LogP contribution in [0.25, 0.3) is 0 Å². The zero-order valence-corrected chi connectivity index (χ0v) is 9.11. The largest absolute Gasteiger partial charge is 0.496 e. The van der Waals surface area contributed by atoms with Gasteiger partial charge in [-0.25, -0.2) is 8.78 Å². The van der Waals surface area contributed by atoms with Crippen LogP contribution in [0.15, 0.2) is 23.1 Å². The molecule has 0 aliphatic carbocycles. The van der Waals surface area contributed by atoms with Crippen LogP contribution in [0.1, 0.15) is 10.4 Å². The molecule has 1 aromatic carbocycles. The van der Waals surface area contributed by atoms with Gasteiger partial charge in [-0.1, -0.05) is 0 Å². The summed E-state index contributed by atoms with van der Waals surface area (Å²) >= 11 is 1.34. The average molecular weight is 232 g/mol. The summed E-state index contributed by atoms with van der Waals surface area (Å²) in [5.74, 6) is -0.582. The average Bonchev–Trinajstić information content (AvgIpc) is 2.26. The number of benzene rings is 1. The lowest BCUT2D eigenvalue weighted by atomic mass is 10.1. The number of carbonyl (C=O) groups is 1. The maximum atomic E-state index is 12.1. The van der Waals surface area contributed by atoms with E-state index in [1.54, 1.807) is 6.26 Å². The Morgan fingerprint density at radius 1 is 1.47 bits per heavy atom. The van der Waals surface area contributed by atoms with Gasteiger partial charge in [0.25, 0.3) is 0 Å². The highest BCUT2D eigenvalue weighted by molar-refractivity contribution is 7.98. The number of carbonyl (C=O) groups excluding carboxylic acids is 1. The molecule has 0 spiro atoms. The monoisotopic (exact) mass is 232 g/mol. The molecule has 0 amide bonds. The molecule has 82 valence electrons. The van der Waals surface area contributed by atoms with Gasteiger partial charge in [0.15, 0.2) is 0 Å². The van der Waals surface area contributed by atoms with Gasteiger partial charge in [0, 0.05) is 10.5 Å². The molecule has 1 rings (SSSR count). The predicted octanol–water partition coefficient (Wildman–Crippen LogP) is 2.86. The molecule has 0 N–H and O–H groups in total. The van der Waals surface area contributed by atoms with Crippen molar-refractivity contribution in [3.63, 3.8) is 0 Å². The van der Waals surface area contributed by atoms with Crippen LogP contribution in [0.4, 0.5) is 8.78 Å². The van der Waals surface area contributed by atoms with Crippen molar-refractivity contribution < 1.29 is 18.3 Å². The molecule has 0 atom stereocenters. The zero-order chi connectivity index (χ0) is 11.4. The van der Waals surface area contributed by atoms with Crippen molar-refractivity contribution >= 4 is 17.5 Å². The van der Waals surface area contributed by atoms with E-state index in [4.69, 9.17) is 4.74 Å². The number of ketones is 1. The molecule has 5 heteroatoms. The first-order valence-corrected chi connectivity index (χ1v) is 5.37. The first kappa shape index (κ1) is 12.0. The summed E-state index contributed by atoms with van der Waals surface area (Å²) in [6.45, 7) is 0. The molecule has 0 heterocycles. The van der Waals surface area contributed by atoms with E-state index < -0.39 is 12.2 Å². The van der Waals surface area contributed by atoms with Gasteiger partial charge in [0.05, 0.1) is 7.11 Å². The second kappa shape index (κ2) is 5.11. The second-order valence-corrected chi connectivity index (χ2v) is 3.58. The highest BCUT2D eigenvalue weighted by Gasteiger charge is 2.18. The Hall–Kier alpha value is -1.10. The lowest BCUT2D eigenvalue weighted by Crippen LogP contribution is -2.10. The van der Waals surface area contributed by atoms with Crippen molar-refractivity contribution in [1.82, 2.24) is 0 Å². The lowest BCUT2D eigenvalue weighted by molar-refractivity contribution is 0.0678. The maximum absolute atomic E-state index is 12.1. The molecule has 0 saturated heterocycles. The van der Waals surface area contributed by atoms with Gasteiger partial charge in [0.2, 0.25) is 5.78 Å². The number of rotatable bonds is 4. The fourth-order valence-electron chi connectivity index (χ4n) is 1.12. The number of hydrogen-bond acceptors (Lipinski definition) is 3. The van der Waals surface area contributed by atoms with Gasteiger partial charge in [-0.2, -0.15) is 0 Å². The smallest absolute Gasteiger partial charge is 0.300 e. The van der Waals surface area contributed by atoms with Crippen LogP contribution < -0.4 is 4.74 Å². The second-order valence-electron chi connectivity index (χ2n) is 2.73. The molecule has 0 bridgehead atoms. The van der Waals surface area contributed by atoms with E-state index in [1.165, 1.54) is 37.1 Å². The number of ether oxygens (including phenoxy) is 1. The topological polar surface area (TPSA) is 26.3 Å². The molecule has 0 aromatic heterocycles. The van der Waals surface area contributed by atoms with Crippen LogP contribution >= 0.6 is 11.8 Å². The summed E-state index contributed by atoms with van der Waals surface area (Å²) in [4.78, 5) is 11.7. The van der Waals surface area contributed by atoms with Crippen molar-refractivity contribution in [3.8, 4) is 5.75 Å². The minimum absolute atomic E-state index is 0.00940. The molecule has 0 unspecified atom stereocenters. The lowest BCUT2D eigenvalue weighted by Gasteiger charge is -2.07. The summed E-state index contributed by atoms with van der Waals surface area (Å²) in [6, 6.07) is 4.27. The van der Waals surface area contributed by atoms with E-state index in [-0.39, 0.29) is 5.56 Å². The zero-order valence-electron chi connectivity index (χ0n) is 8.29. The number of alkyl halides is 2. The van der Waals surface area contributed by atoms with E-state index in [9.17, 15) is 13.6 Å². The van der Waals surface area contributed by atoms with Crippen LogP contribution in [0.2, 0.25) is 0 Å². The van der Waals surface area contributed by atoms with Gasteiger partial charge in [-0.15, -0.1) is 11.8 Å². The molecule has 2 nitrogen and oxygen atoms in total. The van der Waals surface area contributed by atoms with Gasteiger partial charge >= 0.3 is 6.43 Å². The molecular weight excluding hydrogens is 222 g/mol. The Bertz CT molecular complexity index is 366. The maximum Gasteiger partial charge on any atom is 0.300 e. The predicted molar refractivity (Wildman–Crippen MR) is 55.1 cm³/mol. The van der Waals surface area contributed by atoms with Crippen molar-refractivity contribution in [2.75, 3.05) is 13.4 Å². The quantitative estimate of drug-likeness (QED) is 0.589. The highest BCUT2D eigenvalue weighted by Crippen LogP contribution is 2.28. The Labute approximate surface area is 90.6 Å². The number of hydrogen-bond donors (Lipinski definition) is 0. The van der Waals surface area contributed by atoms with Crippen molar-refractivity contribution in [2.24, 2.45) is 0 Å². The van der Waals surface area contributed by atoms with Crippen LogP contribution in [-0.4, -0.2) is 25.6 Å². The van der Waals surface area contributed by atoms with Crippen molar-refractivity contribution in [1.29, 1.82) is 0 Å². The summed E-state index contributed by atoms with van der Waals surface area (Å²) in [5, 5.41) is 0. The fraction of sp³-hybridized carbons (Fsp3) is 0.300. The molecule has 0 fully saturated rings. The number of methoxy groups -OCH3 is 1. The Kier molecular flexibility index (Phi) is 4.08. The molecule has 15 heavy (non-hydrogen) atoms. The summed E-state index contributed by atoms with van der Waals surface area (Å²) < 4.78 is 29.3. The van der Waals surface area contributed by atoms with E-state index in [0.717, 1.165) is 0 Å². The van der Waals surface area contributed by atoms with E-state index in [2.05, 4.69) is 0 Å². The highest BCUT2D eigenvalue weighted by atomic mass is 32.2. The van der Waals surface area contributed by atoms with Gasteiger partial charge in [-0.3, -0.25) is 4.79 Å². The number of thioether (sulfide) groups is 1. The third-order valence-corrected chi connectivity index (χ3v) is 2.63. The van der Waals surface area contributed by atoms with Gasteiger partial charge < -0.3 is 4.74 Å². The van der Waals surface area contributed by atoms with E-state index in [0.29, 0.717) is 10.6 Å². The van der Waals surface area contributed by atoms with Crippen LogP contribution in [0.3, 0.4) is 0 Å². The third kappa shape index (κ3) is 2.68. The standard InChI is InChI=1S/C10H10F2O2S/c1-14-7-4-3-6(5-8(7)15-2)9(13)10(11)12/h3-5,10H,1-2H3. The summed E-state index contributed by atoms with van der Waals surface area (Å²) in [6.07, 6.45) is -1.18. The minimum Gasteiger partial charge on any atom is -0.496 e. The molecule has 0 aliphatic heterocycles. The first-order valence-electron chi connectivity index (χ1n) is 4.14. The summed E-state index contributed by atoms with van der Waals surface area (Å²) in [5.41, 5.74) is 0.00940. The Morgan fingerprint density at radius 3 is 2.60 bits per heavy atom. The SMILES string of the molecule is COc1ccc(C(=O)C(F)F)cc1SC. The van der Waals surface area contributed by atoms with Gasteiger partial charge in [-0.05, 0) is 24.5 Å².